The fourth-order valence-corrected chi connectivity index (χ4v) is 2.01. The van der Waals surface area contributed by atoms with Crippen molar-refractivity contribution in [3.05, 3.63) is 78.6 Å². The van der Waals surface area contributed by atoms with E-state index in [-0.39, 0.29) is 0 Å². The summed E-state index contributed by atoms with van der Waals surface area (Å²) in [6.07, 6.45) is 1.46. The lowest BCUT2D eigenvalue weighted by Gasteiger charge is -2.02. The number of carbonyl (C=O) groups is 1. The van der Waals surface area contributed by atoms with E-state index in [0.29, 0.717) is 11.4 Å². The number of nitrogens with one attached hydrogen (secondary N) is 2. The van der Waals surface area contributed by atoms with Crippen molar-refractivity contribution >= 4 is 17.9 Å². The number of hydrogen-bond acceptors (Lipinski definition) is 3. The van der Waals surface area contributed by atoms with E-state index in [2.05, 4.69) is 15.8 Å². The molecule has 1 aromatic heterocycles. The smallest absolute Gasteiger partial charge is 0.339 e. The number of carbonyl (C=O) groups excluding carboxylic acids is 1. The van der Waals surface area contributed by atoms with Gasteiger partial charge in [-0.2, -0.15) is 5.10 Å². The average Bonchev–Trinajstić information content (AvgIpc) is 3.05. The lowest BCUT2D eigenvalue weighted by molar-refractivity contribution is 0.252. The van der Waals surface area contributed by atoms with E-state index in [4.69, 9.17) is 4.42 Å². The molecule has 0 bridgehead atoms. The van der Waals surface area contributed by atoms with Crippen LogP contribution < -0.4 is 10.7 Å². The lowest BCUT2D eigenvalue weighted by atomic mass is 10.2. The van der Waals surface area contributed by atoms with Crippen molar-refractivity contribution in [2.45, 2.75) is 0 Å². The zero-order valence-corrected chi connectivity index (χ0v) is 12.3. The van der Waals surface area contributed by atoms with Crippen molar-refractivity contribution in [2.75, 3.05) is 5.32 Å². The maximum absolute atomic E-state index is 11.7. The summed E-state index contributed by atoms with van der Waals surface area (Å²) in [5, 5.41) is 6.53. The second-order valence-electron chi connectivity index (χ2n) is 4.76. The van der Waals surface area contributed by atoms with Crippen molar-refractivity contribution < 1.29 is 9.21 Å². The fourth-order valence-electron chi connectivity index (χ4n) is 2.01. The molecule has 0 unspecified atom stereocenters. The van der Waals surface area contributed by atoms with E-state index in [1.807, 2.05) is 54.6 Å². The maximum atomic E-state index is 11.7. The summed E-state index contributed by atoms with van der Waals surface area (Å²) in [4.78, 5) is 11.7. The SMILES string of the molecule is O=C(N/N=C\c1ccc(-c2ccccc2)o1)Nc1ccccc1. The predicted molar refractivity (Wildman–Crippen MR) is 90.3 cm³/mol. The number of rotatable bonds is 4. The molecule has 0 atom stereocenters. The van der Waals surface area contributed by atoms with Gasteiger partial charge in [0, 0.05) is 11.3 Å². The summed E-state index contributed by atoms with van der Waals surface area (Å²) < 4.78 is 5.65. The molecule has 0 aliphatic carbocycles. The topological polar surface area (TPSA) is 66.6 Å². The summed E-state index contributed by atoms with van der Waals surface area (Å²) in [7, 11) is 0. The van der Waals surface area contributed by atoms with E-state index in [1.165, 1.54) is 6.21 Å². The van der Waals surface area contributed by atoms with Crippen molar-refractivity contribution in [2.24, 2.45) is 5.10 Å². The summed E-state index contributed by atoms with van der Waals surface area (Å²) >= 11 is 0. The lowest BCUT2D eigenvalue weighted by Crippen LogP contribution is -2.24. The van der Waals surface area contributed by atoms with Crippen molar-refractivity contribution in [1.29, 1.82) is 0 Å². The number of urea groups is 1. The molecule has 2 N–H and O–H groups in total. The average molecular weight is 305 g/mol. The maximum Gasteiger partial charge on any atom is 0.339 e. The fraction of sp³-hybridized carbons (Fsp3) is 0. The normalized spacial score (nSPS) is 10.6. The van der Waals surface area contributed by atoms with E-state index in [1.54, 1.807) is 18.2 Å². The third-order valence-corrected chi connectivity index (χ3v) is 3.07. The van der Waals surface area contributed by atoms with Gasteiger partial charge in [0.2, 0.25) is 0 Å². The molecule has 0 aliphatic rings. The third kappa shape index (κ3) is 4.07. The van der Waals surface area contributed by atoms with Crippen LogP contribution in [0, 0.1) is 0 Å². The van der Waals surface area contributed by atoms with Crippen LogP contribution in [0.3, 0.4) is 0 Å². The Kier molecular flexibility index (Phi) is 4.49. The Hall–Kier alpha value is -3.34. The number of hydrogen-bond donors (Lipinski definition) is 2. The second-order valence-corrected chi connectivity index (χ2v) is 4.76. The highest BCUT2D eigenvalue weighted by molar-refractivity contribution is 5.90. The van der Waals surface area contributed by atoms with Crippen LogP contribution >= 0.6 is 0 Å². The van der Waals surface area contributed by atoms with Gasteiger partial charge in [-0.25, -0.2) is 10.2 Å². The third-order valence-electron chi connectivity index (χ3n) is 3.07. The molecule has 0 radical (unpaired) electrons. The van der Waals surface area contributed by atoms with Crippen molar-refractivity contribution in [3.63, 3.8) is 0 Å². The van der Waals surface area contributed by atoms with Crippen molar-refractivity contribution in [3.8, 4) is 11.3 Å². The van der Waals surface area contributed by atoms with Gasteiger partial charge in [0.05, 0.1) is 6.21 Å². The molecule has 3 aromatic rings. The van der Waals surface area contributed by atoms with E-state index < -0.39 is 6.03 Å². The van der Waals surface area contributed by atoms with Gasteiger partial charge in [-0.1, -0.05) is 48.5 Å². The minimum Gasteiger partial charge on any atom is -0.455 e. The summed E-state index contributed by atoms with van der Waals surface area (Å²) in [5.74, 6) is 1.31. The highest BCUT2D eigenvalue weighted by atomic mass is 16.3. The van der Waals surface area contributed by atoms with Gasteiger partial charge >= 0.3 is 6.03 Å². The number of benzene rings is 2. The molecular formula is C18H15N3O2. The minimum atomic E-state index is -0.415. The Bertz CT molecular complexity index is 795. The largest absolute Gasteiger partial charge is 0.455 e. The van der Waals surface area contributed by atoms with E-state index in [0.717, 1.165) is 11.3 Å². The molecule has 2 aromatic carbocycles. The molecule has 0 spiro atoms. The van der Waals surface area contributed by atoms with Crippen molar-refractivity contribution in [1.82, 2.24) is 5.43 Å². The highest BCUT2D eigenvalue weighted by Crippen LogP contribution is 2.20. The Morgan fingerprint density at radius 2 is 1.61 bits per heavy atom. The van der Waals surface area contributed by atoms with Gasteiger partial charge in [0.25, 0.3) is 0 Å². The Balaban J connectivity index is 1.56. The number of anilines is 1. The number of furan rings is 1. The van der Waals surface area contributed by atoms with Crippen LogP contribution in [-0.4, -0.2) is 12.2 Å². The number of amides is 2. The Labute approximate surface area is 133 Å². The quantitative estimate of drug-likeness (QED) is 0.563. The first kappa shape index (κ1) is 14.6. The number of para-hydroxylation sites is 1. The predicted octanol–water partition coefficient (Wildman–Crippen LogP) is 4.10. The molecule has 2 amide bonds. The van der Waals surface area contributed by atoms with Crippen LogP contribution in [0.15, 0.2) is 82.3 Å². The zero-order chi connectivity index (χ0) is 15.9. The first-order valence-corrected chi connectivity index (χ1v) is 7.11. The first-order chi connectivity index (χ1) is 11.3. The van der Waals surface area contributed by atoms with Gasteiger partial charge < -0.3 is 9.73 Å². The van der Waals surface area contributed by atoms with Crippen LogP contribution in [0.2, 0.25) is 0 Å². The summed E-state index contributed by atoms with van der Waals surface area (Å²) in [5.41, 5.74) is 4.07. The summed E-state index contributed by atoms with van der Waals surface area (Å²) in [6, 6.07) is 22.2. The zero-order valence-electron chi connectivity index (χ0n) is 12.3. The van der Waals surface area contributed by atoms with Gasteiger partial charge in [0.15, 0.2) is 0 Å². The van der Waals surface area contributed by atoms with Gasteiger partial charge in [-0.15, -0.1) is 0 Å². The molecule has 5 heteroatoms. The van der Waals surface area contributed by atoms with E-state index in [9.17, 15) is 4.79 Å². The first-order valence-electron chi connectivity index (χ1n) is 7.11. The Morgan fingerprint density at radius 3 is 2.35 bits per heavy atom. The molecule has 0 aliphatic heterocycles. The van der Waals surface area contributed by atoms with E-state index >= 15 is 0 Å². The second kappa shape index (κ2) is 7.09. The summed E-state index contributed by atoms with van der Waals surface area (Å²) in [6.45, 7) is 0. The molecule has 5 nitrogen and oxygen atoms in total. The van der Waals surface area contributed by atoms with Crippen LogP contribution in [0.4, 0.5) is 10.5 Å². The molecule has 1 heterocycles. The van der Waals surface area contributed by atoms with Crippen LogP contribution in [-0.2, 0) is 0 Å². The minimum absolute atomic E-state index is 0.415. The van der Waals surface area contributed by atoms with Crippen LogP contribution in [0.25, 0.3) is 11.3 Å². The van der Waals surface area contributed by atoms with Crippen LogP contribution in [0.5, 0.6) is 0 Å². The number of hydrazone groups is 1. The molecule has 23 heavy (non-hydrogen) atoms. The standard InChI is InChI=1S/C18H15N3O2/c22-18(20-15-9-5-2-6-10-15)21-19-13-16-11-12-17(23-16)14-7-3-1-4-8-14/h1-13H,(H2,20,21,22)/b19-13-. The van der Waals surface area contributed by atoms with Gasteiger partial charge in [-0.3, -0.25) is 0 Å². The molecule has 0 fully saturated rings. The van der Waals surface area contributed by atoms with Gasteiger partial charge in [-0.05, 0) is 24.3 Å². The highest BCUT2D eigenvalue weighted by Gasteiger charge is 2.03. The molecule has 3 rings (SSSR count). The molecular weight excluding hydrogens is 290 g/mol. The Morgan fingerprint density at radius 1 is 0.913 bits per heavy atom. The van der Waals surface area contributed by atoms with Crippen LogP contribution in [0.1, 0.15) is 5.76 Å². The molecule has 0 saturated heterocycles. The number of nitrogens with zero attached hydrogens (tertiary/aromatic N) is 1. The molecule has 0 saturated carbocycles. The monoisotopic (exact) mass is 305 g/mol. The molecule has 114 valence electrons. The van der Waals surface area contributed by atoms with Gasteiger partial charge in [0.1, 0.15) is 11.5 Å².